The highest BCUT2D eigenvalue weighted by atomic mass is 32.1. The van der Waals surface area contributed by atoms with Gasteiger partial charge in [-0.05, 0) is 0 Å². The van der Waals surface area contributed by atoms with Gasteiger partial charge in [0.1, 0.15) is 0 Å². The van der Waals surface area contributed by atoms with Crippen LogP contribution < -0.4 is 5.73 Å². The molecule has 0 atom stereocenters. The number of amides is 1. The van der Waals surface area contributed by atoms with E-state index in [-0.39, 0.29) is 18.9 Å². The number of nitrogens with two attached hydrogens (primary N) is 1. The van der Waals surface area contributed by atoms with Crippen LogP contribution in [0.2, 0.25) is 0 Å². The smallest absolute Gasteiger partial charge is 0.408 e. The first-order valence-electron chi connectivity index (χ1n) is 3.84. The van der Waals surface area contributed by atoms with Gasteiger partial charge in [0.25, 0.3) is 0 Å². The summed E-state index contributed by atoms with van der Waals surface area (Å²) in [4.78, 5) is 27.5. The van der Waals surface area contributed by atoms with E-state index in [2.05, 4.69) is 4.98 Å². The minimum absolute atomic E-state index is 0.107. The number of hydrogen-bond donors (Lipinski definition) is 2. The number of carboxylic acid groups (broad SMARTS) is 1. The fourth-order valence-corrected chi connectivity index (χ4v) is 2.08. The number of nitrogens with zero attached hydrogens (tertiary/aromatic N) is 2. The molecule has 0 bridgehead atoms. The van der Waals surface area contributed by atoms with E-state index in [0.29, 0.717) is 15.7 Å². The second kappa shape index (κ2) is 2.95. The van der Waals surface area contributed by atoms with Crippen LogP contribution in [-0.2, 0) is 6.54 Å². The number of nitrogen functional groups attached to an aromatic ring is 1. The molecule has 0 unspecified atom stereocenters. The number of aromatic nitrogens is 1. The number of fused-ring (bicyclic) bond motifs is 1. The maximum atomic E-state index is 11.4. The minimum Gasteiger partial charge on any atom is -0.465 e. The van der Waals surface area contributed by atoms with Crippen LogP contribution >= 0.6 is 11.3 Å². The summed E-state index contributed by atoms with van der Waals surface area (Å²) < 4.78 is 0. The Bertz CT molecular complexity index is 414. The monoisotopic (exact) mass is 213 g/mol. The lowest BCUT2D eigenvalue weighted by Gasteiger charge is -2.21. The molecule has 6 nitrogen and oxygen atoms in total. The van der Waals surface area contributed by atoms with Crippen LogP contribution in [0.4, 0.5) is 9.93 Å². The summed E-state index contributed by atoms with van der Waals surface area (Å²) in [5.74, 6) is -0.233. The first-order chi connectivity index (χ1) is 6.58. The molecule has 0 radical (unpaired) electrons. The lowest BCUT2D eigenvalue weighted by Crippen LogP contribution is -2.38. The van der Waals surface area contributed by atoms with Crippen LogP contribution in [0.15, 0.2) is 0 Å². The van der Waals surface area contributed by atoms with E-state index in [1.165, 1.54) is 0 Å². The second-order valence-corrected chi connectivity index (χ2v) is 3.92. The highest BCUT2D eigenvalue weighted by molar-refractivity contribution is 7.17. The minimum atomic E-state index is -1.12. The number of anilines is 1. The van der Waals surface area contributed by atoms with Crippen molar-refractivity contribution in [3.63, 3.8) is 0 Å². The molecule has 0 aliphatic carbocycles. The summed E-state index contributed by atoms with van der Waals surface area (Å²) in [6, 6.07) is 0. The maximum absolute atomic E-state index is 11.4. The number of carbonyl (C=O) groups excluding carboxylic acids is 1. The lowest BCUT2D eigenvalue weighted by atomic mass is 10.2. The van der Waals surface area contributed by atoms with E-state index in [0.717, 1.165) is 16.2 Å². The van der Waals surface area contributed by atoms with Gasteiger partial charge in [-0.3, -0.25) is 9.69 Å². The molecule has 1 aromatic rings. The van der Waals surface area contributed by atoms with Gasteiger partial charge in [0, 0.05) is 0 Å². The number of hydrogen-bond acceptors (Lipinski definition) is 5. The number of rotatable bonds is 0. The molecule has 1 amide bonds. The van der Waals surface area contributed by atoms with Crippen molar-refractivity contribution in [3.05, 3.63) is 10.6 Å². The van der Waals surface area contributed by atoms with Gasteiger partial charge in [0.2, 0.25) is 0 Å². The zero-order valence-corrected chi connectivity index (χ0v) is 7.87. The summed E-state index contributed by atoms with van der Waals surface area (Å²) in [5.41, 5.74) is 5.90. The molecule has 7 heteroatoms. The first kappa shape index (κ1) is 8.95. The van der Waals surface area contributed by atoms with Crippen LogP contribution in [0.5, 0.6) is 0 Å². The van der Waals surface area contributed by atoms with Gasteiger partial charge >= 0.3 is 6.09 Å². The van der Waals surface area contributed by atoms with E-state index < -0.39 is 6.09 Å². The molecule has 14 heavy (non-hydrogen) atoms. The molecule has 74 valence electrons. The van der Waals surface area contributed by atoms with Crippen LogP contribution in [0.3, 0.4) is 0 Å². The molecule has 1 aliphatic rings. The fraction of sp³-hybridized carbons (Fsp3) is 0.286. The van der Waals surface area contributed by atoms with Gasteiger partial charge < -0.3 is 10.8 Å². The summed E-state index contributed by atoms with van der Waals surface area (Å²) in [6.45, 7) is 0.0358. The second-order valence-electron chi connectivity index (χ2n) is 2.89. The number of carbonyl (C=O) groups is 2. The predicted molar refractivity (Wildman–Crippen MR) is 49.3 cm³/mol. The molecule has 3 N–H and O–H groups in total. The molecule has 0 fully saturated rings. The molecule has 1 aliphatic heterocycles. The number of Topliss-reactive ketones (excluding diaryl/α,β-unsaturated/α-hetero) is 1. The van der Waals surface area contributed by atoms with Gasteiger partial charge in [0.15, 0.2) is 10.9 Å². The van der Waals surface area contributed by atoms with Crippen molar-refractivity contribution in [2.45, 2.75) is 6.54 Å². The van der Waals surface area contributed by atoms with Crippen molar-refractivity contribution in [2.24, 2.45) is 0 Å². The van der Waals surface area contributed by atoms with Crippen LogP contribution in [0.25, 0.3) is 0 Å². The largest absolute Gasteiger partial charge is 0.465 e. The normalized spacial score (nSPS) is 15.4. The first-order valence-corrected chi connectivity index (χ1v) is 4.66. The Morgan fingerprint density at radius 3 is 2.93 bits per heavy atom. The molecular formula is C7H7N3O3S. The quantitative estimate of drug-likeness (QED) is 0.650. The molecule has 0 spiro atoms. The summed E-state index contributed by atoms with van der Waals surface area (Å²) >= 11 is 1.11. The van der Waals surface area contributed by atoms with E-state index in [1.54, 1.807) is 0 Å². The Kier molecular flexibility index (Phi) is 1.88. The molecule has 0 saturated heterocycles. The highest BCUT2D eigenvalue weighted by Crippen LogP contribution is 2.26. The zero-order chi connectivity index (χ0) is 10.3. The average molecular weight is 213 g/mol. The van der Waals surface area contributed by atoms with E-state index in [4.69, 9.17) is 10.8 Å². The summed E-state index contributed by atoms with van der Waals surface area (Å²) in [7, 11) is 0. The van der Waals surface area contributed by atoms with E-state index >= 15 is 0 Å². The van der Waals surface area contributed by atoms with Gasteiger partial charge in [-0.1, -0.05) is 11.3 Å². The van der Waals surface area contributed by atoms with E-state index in [1.807, 2.05) is 0 Å². The standard InChI is InChI=1S/C7H7N3O3S/c8-6-9-3-1-10(7(12)13)2-4(11)5(3)14-6/h1-2H2,(H2,8,9)(H,12,13). The maximum Gasteiger partial charge on any atom is 0.408 e. The van der Waals surface area contributed by atoms with Crippen molar-refractivity contribution < 1.29 is 14.7 Å². The zero-order valence-electron chi connectivity index (χ0n) is 7.06. The molecule has 2 rings (SSSR count). The van der Waals surface area contributed by atoms with Gasteiger partial charge in [-0.15, -0.1) is 0 Å². The third kappa shape index (κ3) is 1.31. The number of thiazole rings is 1. The molecule has 2 heterocycles. The molecular weight excluding hydrogens is 206 g/mol. The fourth-order valence-electron chi connectivity index (χ4n) is 1.31. The average Bonchev–Trinajstić information content (AvgIpc) is 2.45. The van der Waals surface area contributed by atoms with E-state index in [9.17, 15) is 9.59 Å². The topological polar surface area (TPSA) is 96.5 Å². The summed E-state index contributed by atoms with van der Waals surface area (Å²) in [6.07, 6.45) is -1.12. The van der Waals surface area contributed by atoms with Crippen LogP contribution in [0, 0.1) is 0 Å². The van der Waals surface area contributed by atoms with Crippen LogP contribution in [-0.4, -0.2) is 33.4 Å². The third-order valence-corrected chi connectivity index (χ3v) is 2.88. The Balaban J connectivity index is 2.37. The Morgan fingerprint density at radius 2 is 2.29 bits per heavy atom. The van der Waals surface area contributed by atoms with Crippen molar-refractivity contribution in [3.8, 4) is 0 Å². The Labute approximate surface area is 83.0 Å². The van der Waals surface area contributed by atoms with Crippen molar-refractivity contribution in [2.75, 3.05) is 12.3 Å². The van der Waals surface area contributed by atoms with Crippen LogP contribution in [0.1, 0.15) is 15.4 Å². The predicted octanol–water partition coefficient (Wildman–Crippen LogP) is 0.402. The Morgan fingerprint density at radius 1 is 1.57 bits per heavy atom. The molecule has 1 aromatic heterocycles. The van der Waals surface area contributed by atoms with Gasteiger partial charge in [-0.25, -0.2) is 9.78 Å². The van der Waals surface area contributed by atoms with Gasteiger partial charge in [-0.2, -0.15) is 0 Å². The van der Waals surface area contributed by atoms with Crippen molar-refractivity contribution in [1.82, 2.24) is 9.88 Å². The molecule has 0 aromatic carbocycles. The van der Waals surface area contributed by atoms with Crippen molar-refractivity contribution >= 4 is 28.3 Å². The lowest BCUT2D eigenvalue weighted by molar-refractivity contribution is 0.0877. The SMILES string of the molecule is Nc1nc2c(s1)C(=O)CN(C(=O)O)C2. The Hall–Kier alpha value is -1.63. The third-order valence-electron chi connectivity index (χ3n) is 1.91. The number of ketones is 1. The van der Waals surface area contributed by atoms with Crippen molar-refractivity contribution in [1.29, 1.82) is 0 Å². The summed E-state index contributed by atoms with van der Waals surface area (Å²) in [5, 5.41) is 9.01. The molecule has 0 saturated carbocycles. The highest BCUT2D eigenvalue weighted by Gasteiger charge is 2.29. The van der Waals surface area contributed by atoms with Gasteiger partial charge in [0.05, 0.1) is 23.7 Å².